The van der Waals surface area contributed by atoms with E-state index in [0.29, 0.717) is 12.8 Å². The Labute approximate surface area is 194 Å². The molecule has 0 spiro atoms. The van der Waals surface area contributed by atoms with Crippen molar-refractivity contribution in [2.75, 3.05) is 6.54 Å². The number of nitrogens with zero attached hydrogens (tertiary/aromatic N) is 3. The zero-order chi connectivity index (χ0) is 23.7. The summed E-state index contributed by atoms with van der Waals surface area (Å²) in [7, 11) is 0. The number of benzene rings is 2. The highest BCUT2D eigenvalue weighted by molar-refractivity contribution is 6.34. The van der Waals surface area contributed by atoms with Crippen LogP contribution in [-0.2, 0) is 9.59 Å². The molecule has 4 rings (SSSR count). The van der Waals surface area contributed by atoms with Crippen molar-refractivity contribution in [3.8, 4) is 0 Å². The normalized spacial score (nSPS) is 19.8. The van der Waals surface area contributed by atoms with Crippen molar-refractivity contribution in [2.24, 2.45) is 11.8 Å². The number of carbonyl (C=O) groups is 4. The first-order valence-corrected chi connectivity index (χ1v) is 10.9. The van der Waals surface area contributed by atoms with Gasteiger partial charge >= 0.3 is 0 Å². The Hall–Kier alpha value is -3.59. The topological polar surface area (TPSA) is 118 Å². The molecule has 0 aromatic heterocycles. The molecule has 1 aliphatic heterocycles. The zero-order valence-electron chi connectivity index (χ0n) is 17.5. The Morgan fingerprint density at radius 1 is 1.03 bits per heavy atom. The van der Waals surface area contributed by atoms with Crippen LogP contribution < -0.4 is 0 Å². The van der Waals surface area contributed by atoms with Crippen molar-refractivity contribution in [2.45, 2.75) is 25.7 Å². The second kappa shape index (κ2) is 9.11. The summed E-state index contributed by atoms with van der Waals surface area (Å²) in [6.07, 6.45) is 2.69. The number of rotatable bonds is 6. The third-order valence-corrected chi connectivity index (χ3v) is 6.40. The highest BCUT2D eigenvalue weighted by Gasteiger charge is 2.52. The van der Waals surface area contributed by atoms with Crippen molar-refractivity contribution in [3.05, 3.63) is 74.8 Å². The number of amides is 3. The van der Waals surface area contributed by atoms with Crippen molar-refractivity contribution in [1.82, 2.24) is 10.0 Å². The lowest BCUT2D eigenvalue weighted by Crippen LogP contribution is -2.52. The van der Waals surface area contributed by atoms with Gasteiger partial charge in [0.2, 0.25) is 0 Å². The highest BCUT2D eigenvalue weighted by atomic mass is 35.5. The summed E-state index contributed by atoms with van der Waals surface area (Å²) in [6, 6.07) is 11.2. The lowest BCUT2D eigenvalue weighted by atomic mass is 9.81. The molecule has 0 radical (unpaired) electrons. The summed E-state index contributed by atoms with van der Waals surface area (Å²) in [4.78, 5) is 63.2. The first-order chi connectivity index (χ1) is 15.8. The van der Waals surface area contributed by atoms with Gasteiger partial charge in [-0.1, -0.05) is 48.7 Å². The van der Waals surface area contributed by atoms with Crippen LogP contribution in [0.15, 0.2) is 48.5 Å². The molecule has 9 nitrogen and oxygen atoms in total. The number of ketones is 1. The van der Waals surface area contributed by atoms with Gasteiger partial charge in [-0.2, -0.15) is 5.01 Å². The van der Waals surface area contributed by atoms with E-state index in [0.717, 1.165) is 28.9 Å². The summed E-state index contributed by atoms with van der Waals surface area (Å²) < 4.78 is 0. The predicted molar refractivity (Wildman–Crippen MR) is 117 cm³/mol. The van der Waals surface area contributed by atoms with E-state index in [1.165, 1.54) is 30.3 Å². The van der Waals surface area contributed by atoms with Crippen molar-refractivity contribution in [3.63, 3.8) is 0 Å². The number of imide groups is 1. The quantitative estimate of drug-likeness (QED) is 0.276. The van der Waals surface area contributed by atoms with E-state index in [2.05, 4.69) is 0 Å². The Balaban J connectivity index is 1.71. The number of hydrogen-bond acceptors (Lipinski definition) is 6. The molecule has 2 atom stereocenters. The first kappa shape index (κ1) is 22.6. The summed E-state index contributed by atoms with van der Waals surface area (Å²) in [5.41, 5.74) is -0.275. The van der Waals surface area contributed by atoms with Gasteiger partial charge in [0, 0.05) is 17.7 Å². The van der Waals surface area contributed by atoms with Gasteiger partial charge in [0.25, 0.3) is 23.4 Å². The molecule has 2 aromatic carbocycles. The minimum absolute atomic E-state index is 0.0160. The lowest BCUT2D eigenvalue weighted by molar-refractivity contribution is -0.384. The molecule has 2 fully saturated rings. The smallest absolute Gasteiger partial charge is 0.274 e. The SMILES string of the molecule is O=C(CN(C(=O)c1ccccc1Cl)N1C(=O)[C@H]2CCCC[C@H]2C1=O)c1cccc([N+](=O)[O-])c1. The van der Waals surface area contributed by atoms with E-state index in [1.54, 1.807) is 12.1 Å². The fraction of sp³-hybridized carbons (Fsp3) is 0.304. The molecule has 10 heteroatoms. The third-order valence-electron chi connectivity index (χ3n) is 6.07. The van der Waals surface area contributed by atoms with Crippen LogP contribution in [0.25, 0.3) is 0 Å². The molecule has 1 saturated heterocycles. The molecule has 1 aliphatic carbocycles. The molecule has 2 aromatic rings. The van der Waals surface area contributed by atoms with Gasteiger partial charge < -0.3 is 0 Å². The number of non-ortho nitro benzene ring substituents is 1. The number of fused-ring (bicyclic) bond motifs is 1. The van der Waals surface area contributed by atoms with E-state index in [9.17, 15) is 29.3 Å². The van der Waals surface area contributed by atoms with Crippen LogP contribution in [0, 0.1) is 22.0 Å². The molecule has 170 valence electrons. The van der Waals surface area contributed by atoms with Gasteiger partial charge in [0.15, 0.2) is 5.78 Å². The molecular weight excluding hydrogens is 450 g/mol. The second-order valence-electron chi connectivity index (χ2n) is 8.06. The molecule has 1 heterocycles. The lowest BCUT2D eigenvalue weighted by Gasteiger charge is -2.30. The average molecular weight is 470 g/mol. The number of nitro benzene ring substituents is 1. The predicted octanol–water partition coefficient (Wildman–Crippen LogP) is 3.66. The van der Waals surface area contributed by atoms with Crippen LogP contribution in [0.3, 0.4) is 0 Å². The van der Waals surface area contributed by atoms with E-state index in [1.807, 2.05) is 0 Å². The number of Topliss-reactive ketones (excluding diaryl/α,β-unsaturated/α-hetero) is 1. The summed E-state index contributed by atoms with van der Waals surface area (Å²) in [5.74, 6) is -3.52. The van der Waals surface area contributed by atoms with Gasteiger partial charge in [-0.05, 0) is 25.0 Å². The van der Waals surface area contributed by atoms with Crippen LogP contribution in [0.1, 0.15) is 46.4 Å². The van der Waals surface area contributed by atoms with Crippen LogP contribution in [0.5, 0.6) is 0 Å². The fourth-order valence-electron chi connectivity index (χ4n) is 4.41. The average Bonchev–Trinajstić information content (AvgIpc) is 3.07. The molecule has 0 bridgehead atoms. The summed E-state index contributed by atoms with van der Waals surface area (Å²) in [5, 5.41) is 12.8. The Morgan fingerprint density at radius 2 is 1.67 bits per heavy atom. The Morgan fingerprint density at radius 3 is 2.27 bits per heavy atom. The second-order valence-corrected chi connectivity index (χ2v) is 8.47. The highest BCUT2D eigenvalue weighted by Crippen LogP contribution is 2.39. The maximum absolute atomic E-state index is 13.4. The maximum Gasteiger partial charge on any atom is 0.274 e. The molecule has 33 heavy (non-hydrogen) atoms. The van der Waals surface area contributed by atoms with Crippen LogP contribution >= 0.6 is 11.6 Å². The molecule has 3 amide bonds. The fourth-order valence-corrected chi connectivity index (χ4v) is 4.63. The standard InChI is InChI=1S/C23H20ClN3O6/c24-19-11-4-3-10-18(19)21(29)25(13-20(28)14-6-5-7-15(12-14)27(32)33)26-22(30)16-8-1-2-9-17(16)23(26)31/h3-7,10-12,16-17H,1-2,8-9,13H2/t16-,17+. The van der Waals surface area contributed by atoms with Crippen molar-refractivity contribution < 1.29 is 24.1 Å². The first-order valence-electron chi connectivity index (χ1n) is 10.5. The molecule has 0 N–H and O–H groups in total. The minimum Gasteiger partial charge on any atom is -0.292 e. The summed E-state index contributed by atoms with van der Waals surface area (Å²) >= 11 is 6.18. The van der Waals surface area contributed by atoms with Gasteiger partial charge in [0.05, 0.1) is 27.3 Å². The molecule has 1 saturated carbocycles. The third kappa shape index (κ3) is 4.23. The number of hydrogen-bond donors (Lipinski definition) is 0. The van der Waals surface area contributed by atoms with E-state index in [4.69, 9.17) is 11.6 Å². The number of hydrazine groups is 1. The largest absolute Gasteiger partial charge is 0.292 e. The van der Waals surface area contributed by atoms with Crippen molar-refractivity contribution >= 4 is 40.8 Å². The zero-order valence-corrected chi connectivity index (χ0v) is 18.2. The molecule has 0 unspecified atom stereocenters. The summed E-state index contributed by atoms with van der Waals surface area (Å²) in [6.45, 7) is -0.651. The Kier molecular flexibility index (Phi) is 6.24. The van der Waals surface area contributed by atoms with E-state index in [-0.39, 0.29) is 21.8 Å². The van der Waals surface area contributed by atoms with Crippen LogP contribution in [-0.4, -0.2) is 45.0 Å². The maximum atomic E-state index is 13.4. The number of nitro groups is 1. The molecular formula is C23H20ClN3O6. The number of carbonyl (C=O) groups excluding carboxylic acids is 4. The van der Waals surface area contributed by atoms with Gasteiger partial charge in [-0.25, -0.2) is 5.01 Å². The molecule has 2 aliphatic rings. The Bertz CT molecular complexity index is 1140. The monoisotopic (exact) mass is 469 g/mol. The van der Waals surface area contributed by atoms with Crippen LogP contribution in [0.4, 0.5) is 5.69 Å². The van der Waals surface area contributed by atoms with Crippen LogP contribution in [0.2, 0.25) is 5.02 Å². The van der Waals surface area contributed by atoms with Gasteiger partial charge in [-0.15, -0.1) is 0 Å². The van der Waals surface area contributed by atoms with Gasteiger partial charge in [0.1, 0.15) is 6.54 Å². The van der Waals surface area contributed by atoms with E-state index >= 15 is 0 Å². The van der Waals surface area contributed by atoms with Crippen molar-refractivity contribution in [1.29, 1.82) is 0 Å². The number of halogens is 1. The van der Waals surface area contributed by atoms with E-state index < -0.39 is 46.8 Å². The van der Waals surface area contributed by atoms with Gasteiger partial charge in [-0.3, -0.25) is 29.3 Å². The minimum atomic E-state index is -0.778.